The average molecular weight is 346 g/mol. The van der Waals surface area contributed by atoms with Crippen LogP contribution >= 0.6 is 23.1 Å². The highest BCUT2D eigenvalue weighted by Gasteiger charge is 2.15. The molecule has 0 unspecified atom stereocenters. The average Bonchev–Trinajstić information content (AvgIpc) is 3.02. The van der Waals surface area contributed by atoms with Crippen molar-refractivity contribution in [3.63, 3.8) is 0 Å². The summed E-state index contributed by atoms with van der Waals surface area (Å²) < 4.78 is 0.927. The third-order valence-corrected chi connectivity index (χ3v) is 4.95. The third kappa shape index (κ3) is 3.46. The molecule has 2 aromatic heterocycles. The highest BCUT2D eigenvalue weighted by Crippen LogP contribution is 2.29. The van der Waals surface area contributed by atoms with Crippen molar-refractivity contribution < 1.29 is 9.72 Å². The Labute approximate surface area is 138 Å². The number of nitro benzene ring substituents is 1. The molecule has 3 rings (SSSR count). The molecule has 0 fully saturated rings. The second-order valence-corrected chi connectivity index (χ2v) is 6.31. The molecule has 0 saturated heterocycles. The zero-order chi connectivity index (χ0) is 16.2. The lowest BCUT2D eigenvalue weighted by Crippen LogP contribution is -2.15. The van der Waals surface area contributed by atoms with E-state index in [1.807, 2.05) is 11.4 Å². The van der Waals surface area contributed by atoms with Crippen molar-refractivity contribution in [1.82, 2.24) is 9.97 Å². The molecule has 0 aliphatic carbocycles. The third-order valence-electron chi connectivity index (χ3n) is 2.93. The number of para-hydroxylation sites is 2. The van der Waals surface area contributed by atoms with Crippen LogP contribution in [0.15, 0.2) is 47.1 Å². The molecule has 2 heterocycles. The number of nitrogens with one attached hydrogen (secondary N) is 1. The fourth-order valence-electron chi connectivity index (χ4n) is 1.93. The first-order valence-electron chi connectivity index (χ1n) is 6.49. The van der Waals surface area contributed by atoms with Crippen LogP contribution in [0.3, 0.4) is 0 Å². The summed E-state index contributed by atoms with van der Waals surface area (Å²) in [6.07, 6.45) is 1.46. The van der Waals surface area contributed by atoms with E-state index in [-0.39, 0.29) is 23.0 Å². The number of aromatic nitrogens is 2. The number of benzene rings is 1. The van der Waals surface area contributed by atoms with Crippen molar-refractivity contribution >= 4 is 50.6 Å². The maximum atomic E-state index is 12.0. The van der Waals surface area contributed by atoms with Crippen molar-refractivity contribution in [3.8, 4) is 0 Å². The summed E-state index contributed by atoms with van der Waals surface area (Å²) in [5.41, 5.74) is 0.896. The normalized spacial score (nSPS) is 10.6. The van der Waals surface area contributed by atoms with Crippen LogP contribution in [-0.4, -0.2) is 26.6 Å². The van der Waals surface area contributed by atoms with Gasteiger partial charge in [0.15, 0.2) is 0 Å². The molecular weight excluding hydrogens is 336 g/mol. The maximum Gasteiger partial charge on any atom is 0.292 e. The first-order valence-corrected chi connectivity index (χ1v) is 8.36. The maximum absolute atomic E-state index is 12.0. The Balaban J connectivity index is 1.69. The van der Waals surface area contributed by atoms with Gasteiger partial charge in [-0.25, -0.2) is 9.97 Å². The number of hydrogen-bond donors (Lipinski definition) is 1. The number of carbonyl (C=O) groups excluding carboxylic acids is 1. The smallest absolute Gasteiger partial charge is 0.292 e. The fourth-order valence-corrected chi connectivity index (χ4v) is 3.67. The van der Waals surface area contributed by atoms with E-state index in [0.717, 1.165) is 15.2 Å². The number of thioether (sulfide) groups is 1. The van der Waals surface area contributed by atoms with Crippen LogP contribution in [0, 0.1) is 10.1 Å². The van der Waals surface area contributed by atoms with E-state index >= 15 is 0 Å². The van der Waals surface area contributed by atoms with Gasteiger partial charge in [-0.1, -0.05) is 23.9 Å². The lowest BCUT2D eigenvalue weighted by Gasteiger charge is -2.05. The Kier molecular flexibility index (Phi) is 4.49. The van der Waals surface area contributed by atoms with E-state index in [1.165, 1.54) is 41.6 Å². The minimum atomic E-state index is -0.525. The van der Waals surface area contributed by atoms with Crippen LogP contribution < -0.4 is 5.32 Å². The predicted octanol–water partition coefficient (Wildman–Crippen LogP) is 3.33. The second kappa shape index (κ2) is 6.71. The number of carbonyl (C=O) groups is 1. The molecule has 116 valence electrons. The molecule has 0 bridgehead atoms. The first kappa shape index (κ1) is 15.4. The minimum absolute atomic E-state index is 0.107. The van der Waals surface area contributed by atoms with Crippen LogP contribution in [-0.2, 0) is 4.79 Å². The number of thiophene rings is 1. The number of nitrogens with zero attached hydrogens (tertiary/aromatic N) is 3. The van der Waals surface area contributed by atoms with Gasteiger partial charge < -0.3 is 5.32 Å². The van der Waals surface area contributed by atoms with E-state index < -0.39 is 4.92 Å². The summed E-state index contributed by atoms with van der Waals surface area (Å²) in [5, 5.41) is 16.1. The fraction of sp³-hybridized carbons (Fsp3) is 0.0714. The summed E-state index contributed by atoms with van der Waals surface area (Å²) >= 11 is 2.78. The van der Waals surface area contributed by atoms with E-state index in [2.05, 4.69) is 15.3 Å². The number of amides is 1. The summed E-state index contributed by atoms with van der Waals surface area (Å²) in [6, 6.07) is 7.93. The van der Waals surface area contributed by atoms with Gasteiger partial charge in [0.25, 0.3) is 5.69 Å². The molecule has 1 aromatic carbocycles. The summed E-state index contributed by atoms with van der Waals surface area (Å²) in [7, 11) is 0. The Hall–Kier alpha value is -2.52. The molecule has 9 heteroatoms. The lowest BCUT2D eigenvalue weighted by molar-refractivity contribution is -0.383. The van der Waals surface area contributed by atoms with E-state index in [1.54, 1.807) is 12.1 Å². The number of anilines is 1. The zero-order valence-corrected chi connectivity index (χ0v) is 13.3. The van der Waals surface area contributed by atoms with E-state index in [4.69, 9.17) is 0 Å². The predicted molar refractivity (Wildman–Crippen MR) is 89.9 cm³/mol. The number of fused-ring (bicyclic) bond motifs is 1. The number of hydrogen-bond acceptors (Lipinski definition) is 7. The Bertz CT molecular complexity index is 881. The molecule has 0 radical (unpaired) electrons. The molecule has 0 atom stereocenters. The van der Waals surface area contributed by atoms with Crippen molar-refractivity contribution in [2.75, 3.05) is 11.1 Å². The Morgan fingerprint density at radius 3 is 2.96 bits per heavy atom. The molecule has 3 aromatic rings. The van der Waals surface area contributed by atoms with Gasteiger partial charge in [0.05, 0.1) is 20.9 Å². The largest absolute Gasteiger partial charge is 0.320 e. The standard InChI is InChI=1S/C14H10N4O3S2/c19-12(17-9-3-1-2-4-11(9)18(20)21)7-23-14-13-10(5-6-22-13)15-8-16-14/h1-6,8H,7H2,(H,17,19). The van der Waals surface area contributed by atoms with E-state index in [0.29, 0.717) is 0 Å². The van der Waals surface area contributed by atoms with Gasteiger partial charge in [-0.05, 0) is 17.5 Å². The molecule has 0 spiro atoms. The molecule has 7 nitrogen and oxygen atoms in total. The molecule has 0 saturated carbocycles. The van der Waals surface area contributed by atoms with Crippen LogP contribution in [0.1, 0.15) is 0 Å². The number of rotatable bonds is 5. The highest BCUT2D eigenvalue weighted by atomic mass is 32.2. The van der Waals surface area contributed by atoms with Crippen molar-refractivity contribution in [2.24, 2.45) is 0 Å². The van der Waals surface area contributed by atoms with E-state index in [9.17, 15) is 14.9 Å². The Morgan fingerprint density at radius 2 is 2.13 bits per heavy atom. The van der Waals surface area contributed by atoms with Gasteiger partial charge in [-0.2, -0.15) is 0 Å². The van der Waals surface area contributed by atoms with Gasteiger partial charge >= 0.3 is 0 Å². The first-order chi connectivity index (χ1) is 11.1. The van der Waals surface area contributed by atoms with Gasteiger partial charge in [-0.15, -0.1) is 11.3 Å². The minimum Gasteiger partial charge on any atom is -0.320 e. The molecule has 1 amide bonds. The van der Waals surface area contributed by atoms with Crippen molar-refractivity contribution in [2.45, 2.75) is 5.03 Å². The quantitative estimate of drug-likeness (QED) is 0.329. The zero-order valence-electron chi connectivity index (χ0n) is 11.6. The van der Waals surface area contributed by atoms with Crippen LogP contribution in [0.4, 0.5) is 11.4 Å². The van der Waals surface area contributed by atoms with Gasteiger partial charge in [-0.3, -0.25) is 14.9 Å². The highest BCUT2D eigenvalue weighted by molar-refractivity contribution is 8.00. The number of nitro groups is 1. The monoisotopic (exact) mass is 346 g/mol. The molecule has 0 aliphatic heterocycles. The molecule has 23 heavy (non-hydrogen) atoms. The summed E-state index contributed by atoms with van der Waals surface area (Å²) in [4.78, 5) is 30.8. The second-order valence-electron chi connectivity index (χ2n) is 4.42. The summed E-state index contributed by atoms with van der Waals surface area (Å²) in [6.45, 7) is 0. The van der Waals surface area contributed by atoms with Crippen LogP contribution in [0.2, 0.25) is 0 Å². The van der Waals surface area contributed by atoms with Crippen molar-refractivity contribution in [3.05, 3.63) is 52.2 Å². The molecule has 0 aliphatic rings. The van der Waals surface area contributed by atoms with Crippen LogP contribution in [0.5, 0.6) is 0 Å². The van der Waals surface area contributed by atoms with Gasteiger partial charge in [0, 0.05) is 6.07 Å². The van der Waals surface area contributed by atoms with Gasteiger partial charge in [0.2, 0.25) is 5.91 Å². The molecular formula is C14H10N4O3S2. The lowest BCUT2D eigenvalue weighted by atomic mass is 10.2. The Morgan fingerprint density at radius 1 is 1.30 bits per heavy atom. The topological polar surface area (TPSA) is 98.0 Å². The SMILES string of the molecule is O=C(CSc1ncnc2ccsc12)Nc1ccccc1[N+](=O)[O-]. The van der Waals surface area contributed by atoms with Gasteiger partial charge in [0.1, 0.15) is 17.0 Å². The summed E-state index contributed by atoms with van der Waals surface area (Å²) in [5.74, 6) is -0.219. The molecule has 1 N–H and O–H groups in total. The van der Waals surface area contributed by atoms with Crippen molar-refractivity contribution in [1.29, 1.82) is 0 Å². The van der Waals surface area contributed by atoms with Crippen LogP contribution in [0.25, 0.3) is 10.2 Å².